The molecule has 1 aromatic heterocycles. The highest BCUT2D eigenvalue weighted by Gasteiger charge is 2.08. The lowest BCUT2D eigenvalue weighted by atomic mass is 10.2. The Kier molecular flexibility index (Phi) is 5.24. The van der Waals surface area contributed by atoms with Gasteiger partial charge in [-0.25, -0.2) is 4.39 Å². The van der Waals surface area contributed by atoms with Gasteiger partial charge in [-0.15, -0.1) is 11.3 Å². The van der Waals surface area contributed by atoms with E-state index >= 15 is 0 Å². The van der Waals surface area contributed by atoms with Crippen molar-refractivity contribution in [3.63, 3.8) is 0 Å². The van der Waals surface area contributed by atoms with E-state index in [1.807, 2.05) is 0 Å². The Bertz CT molecular complexity index is 683. The zero-order chi connectivity index (χ0) is 15.2. The predicted molar refractivity (Wildman–Crippen MR) is 83.1 cm³/mol. The quantitative estimate of drug-likeness (QED) is 0.645. The van der Waals surface area contributed by atoms with Crippen molar-refractivity contribution in [2.45, 2.75) is 0 Å². The van der Waals surface area contributed by atoms with Crippen LogP contribution in [0, 0.1) is 5.82 Å². The number of hydrogen-bond acceptors (Lipinski definition) is 3. The average Bonchev–Trinajstić information content (AvgIpc) is 2.91. The molecule has 0 saturated carbocycles. The van der Waals surface area contributed by atoms with E-state index in [0.29, 0.717) is 10.4 Å². The number of carbonyl (C=O) groups is 2. The van der Waals surface area contributed by atoms with Gasteiger partial charge in [0.1, 0.15) is 5.82 Å². The van der Waals surface area contributed by atoms with Crippen LogP contribution in [0.25, 0.3) is 6.08 Å². The van der Waals surface area contributed by atoms with Gasteiger partial charge in [0.2, 0.25) is 0 Å². The summed E-state index contributed by atoms with van der Waals surface area (Å²) in [6.07, 6.45) is 2.76. The first-order chi connectivity index (χ1) is 10.0. The first-order valence-corrected chi connectivity index (χ1v) is 7.45. The van der Waals surface area contributed by atoms with Crippen LogP contribution in [0.4, 0.5) is 4.39 Å². The minimum Gasteiger partial charge on any atom is -0.268 e. The molecule has 1 heterocycles. The zero-order valence-corrected chi connectivity index (χ0v) is 13.0. The SMILES string of the molecule is O=C(/C=C/c1ccc(F)cc1)NNC(=O)c1ccc(Br)s1. The van der Waals surface area contributed by atoms with Crippen molar-refractivity contribution in [1.29, 1.82) is 0 Å². The number of hydrazine groups is 1. The number of nitrogens with one attached hydrogen (secondary N) is 2. The fraction of sp³-hybridized carbons (Fsp3) is 0. The van der Waals surface area contributed by atoms with Crippen molar-refractivity contribution in [2.24, 2.45) is 0 Å². The fourth-order valence-corrected chi connectivity index (χ4v) is 2.69. The Morgan fingerprint density at radius 2 is 1.81 bits per heavy atom. The molecule has 0 aliphatic rings. The van der Waals surface area contributed by atoms with Crippen LogP contribution < -0.4 is 10.9 Å². The molecular formula is C14H10BrFN2O2S. The minimum absolute atomic E-state index is 0.342. The molecule has 2 N–H and O–H groups in total. The van der Waals surface area contributed by atoms with Gasteiger partial charge in [-0.3, -0.25) is 20.4 Å². The number of rotatable bonds is 3. The van der Waals surface area contributed by atoms with Crippen LogP contribution in [0.15, 0.2) is 46.3 Å². The summed E-state index contributed by atoms with van der Waals surface area (Å²) in [5.41, 5.74) is 5.24. The van der Waals surface area contributed by atoms with E-state index in [1.165, 1.54) is 35.6 Å². The standard InChI is InChI=1S/C14H10BrFN2O2S/c15-12-7-6-11(21-12)14(20)18-17-13(19)8-3-9-1-4-10(16)5-2-9/h1-8H,(H,17,19)(H,18,20)/b8-3+. The number of halogens is 2. The molecule has 21 heavy (non-hydrogen) atoms. The van der Waals surface area contributed by atoms with Crippen molar-refractivity contribution in [3.05, 3.63) is 62.5 Å². The third-order valence-corrected chi connectivity index (χ3v) is 4.02. The molecular weight excluding hydrogens is 359 g/mol. The maximum absolute atomic E-state index is 12.7. The lowest BCUT2D eigenvalue weighted by Gasteiger charge is -2.03. The van der Waals surface area contributed by atoms with Crippen LogP contribution in [0.5, 0.6) is 0 Å². The Balaban J connectivity index is 1.84. The van der Waals surface area contributed by atoms with Crippen LogP contribution in [0.2, 0.25) is 0 Å². The van der Waals surface area contributed by atoms with Gasteiger partial charge >= 0.3 is 0 Å². The molecule has 2 aromatic rings. The molecule has 2 amide bonds. The van der Waals surface area contributed by atoms with E-state index < -0.39 is 11.8 Å². The lowest BCUT2D eigenvalue weighted by Crippen LogP contribution is -2.40. The molecule has 108 valence electrons. The summed E-state index contributed by atoms with van der Waals surface area (Å²) >= 11 is 4.51. The summed E-state index contributed by atoms with van der Waals surface area (Å²) in [6.45, 7) is 0. The first-order valence-electron chi connectivity index (χ1n) is 5.84. The van der Waals surface area contributed by atoms with E-state index in [-0.39, 0.29) is 5.82 Å². The Morgan fingerprint density at radius 3 is 2.43 bits per heavy atom. The second kappa shape index (κ2) is 7.14. The third kappa shape index (κ3) is 4.80. The number of amides is 2. The lowest BCUT2D eigenvalue weighted by molar-refractivity contribution is -0.117. The van der Waals surface area contributed by atoms with E-state index in [9.17, 15) is 14.0 Å². The molecule has 0 aliphatic carbocycles. The number of thiophene rings is 1. The highest BCUT2D eigenvalue weighted by molar-refractivity contribution is 9.11. The zero-order valence-electron chi connectivity index (χ0n) is 10.6. The smallest absolute Gasteiger partial charge is 0.268 e. The van der Waals surface area contributed by atoms with E-state index in [2.05, 4.69) is 26.8 Å². The number of carbonyl (C=O) groups excluding carboxylic acids is 2. The number of hydrogen-bond donors (Lipinski definition) is 2. The average molecular weight is 369 g/mol. The normalized spacial score (nSPS) is 10.6. The second-order valence-electron chi connectivity index (χ2n) is 3.93. The minimum atomic E-state index is -0.483. The summed E-state index contributed by atoms with van der Waals surface area (Å²) in [4.78, 5) is 23.7. The van der Waals surface area contributed by atoms with Crippen LogP contribution in [0.1, 0.15) is 15.2 Å². The van der Waals surface area contributed by atoms with Crippen molar-refractivity contribution >= 4 is 45.2 Å². The van der Waals surface area contributed by atoms with Crippen LogP contribution >= 0.6 is 27.3 Å². The van der Waals surface area contributed by atoms with Crippen molar-refractivity contribution < 1.29 is 14.0 Å². The monoisotopic (exact) mass is 368 g/mol. The first kappa shape index (κ1) is 15.4. The summed E-state index contributed by atoms with van der Waals surface area (Å²) < 4.78 is 13.5. The van der Waals surface area contributed by atoms with Crippen LogP contribution in [0.3, 0.4) is 0 Å². The van der Waals surface area contributed by atoms with Crippen molar-refractivity contribution in [1.82, 2.24) is 10.9 Å². The molecule has 0 atom stereocenters. The highest BCUT2D eigenvalue weighted by Crippen LogP contribution is 2.21. The summed E-state index contributed by atoms with van der Waals surface area (Å²) in [5.74, 6) is -1.22. The van der Waals surface area contributed by atoms with Gasteiger partial charge in [-0.05, 0) is 51.8 Å². The Morgan fingerprint density at radius 1 is 1.10 bits per heavy atom. The summed E-state index contributed by atoms with van der Waals surface area (Å²) in [7, 11) is 0. The van der Waals surface area contributed by atoms with Crippen LogP contribution in [-0.4, -0.2) is 11.8 Å². The maximum Gasteiger partial charge on any atom is 0.279 e. The molecule has 2 rings (SSSR count). The molecule has 0 aliphatic heterocycles. The van der Waals surface area contributed by atoms with Crippen molar-refractivity contribution in [2.75, 3.05) is 0 Å². The Hall–Kier alpha value is -1.99. The van der Waals surface area contributed by atoms with E-state index in [0.717, 1.165) is 3.79 Å². The largest absolute Gasteiger partial charge is 0.279 e. The van der Waals surface area contributed by atoms with E-state index in [4.69, 9.17) is 0 Å². The van der Waals surface area contributed by atoms with Gasteiger partial charge in [0, 0.05) is 6.08 Å². The molecule has 0 fully saturated rings. The molecule has 0 saturated heterocycles. The summed E-state index contributed by atoms with van der Waals surface area (Å²) in [6, 6.07) is 9.07. The highest BCUT2D eigenvalue weighted by atomic mass is 79.9. The molecule has 0 bridgehead atoms. The summed E-state index contributed by atoms with van der Waals surface area (Å²) in [5, 5.41) is 0. The molecule has 0 radical (unpaired) electrons. The van der Waals surface area contributed by atoms with Gasteiger partial charge < -0.3 is 0 Å². The molecule has 0 unspecified atom stereocenters. The van der Waals surface area contributed by atoms with Gasteiger partial charge in [-0.1, -0.05) is 12.1 Å². The third-order valence-electron chi connectivity index (χ3n) is 2.39. The molecule has 7 heteroatoms. The maximum atomic E-state index is 12.7. The number of benzene rings is 1. The molecule has 1 aromatic carbocycles. The van der Waals surface area contributed by atoms with Crippen LogP contribution in [-0.2, 0) is 4.79 Å². The Labute approximate surface area is 132 Å². The van der Waals surface area contributed by atoms with Gasteiger partial charge in [0.15, 0.2) is 0 Å². The fourth-order valence-electron chi connectivity index (χ4n) is 1.40. The molecule has 0 spiro atoms. The topological polar surface area (TPSA) is 58.2 Å². The van der Waals surface area contributed by atoms with E-state index in [1.54, 1.807) is 24.3 Å². The van der Waals surface area contributed by atoms with Gasteiger partial charge in [-0.2, -0.15) is 0 Å². The predicted octanol–water partition coefficient (Wildman–Crippen LogP) is 3.12. The van der Waals surface area contributed by atoms with Crippen molar-refractivity contribution in [3.8, 4) is 0 Å². The second-order valence-corrected chi connectivity index (χ2v) is 6.40. The van der Waals surface area contributed by atoms with Gasteiger partial charge in [0.05, 0.1) is 8.66 Å². The molecule has 4 nitrogen and oxygen atoms in total. The van der Waals surface area contributed by atoms with Gasteiger partial charge in [0.25, 0.3) is 11.8 Å².